The summed E-state index contributed by atoms with van der Waals surface area (Å²) < 4.78 is 5.80. The maximum Gasteiger partial charge on any atom is 0.248 e. The summed E-state index contributed by atoms with van der Waals surface area (Å²) >= 11 is 0. The summed E-state index contributed by atoms with van der Waals surface area (Å²) in [5.74, 6) is 0.592. The molecule has 1 aromatic heterocycles. The van der Waals surface area contributed by atoms with Crippen LogP contribution in [0.5, 0.6) is 5.75 Å². The van der Waals surface area contributed by atoms with Crippen LogP contribution in [0, 0.1) is 0 Å². The van der Waals surface area contributed by atoms with Crippen LogP contribution >= 0.6 is 0 Å². The first kappa shape index (κ1) is 17.5. The Hall–Kier alpha value is -3.86. The third-order valence-electron chi connectivity index (χ3n) is 4.31. The van der Waals surface area contributed by atoms with E-state index in [1.807, 2.05) is 72.8 Å². The van der Waals surface area contributed by atoms with Crippen LogP contribution in [0.2, 0.25) is 0 Å². The number of hydrogen-bond acceptors (Lipinski definition) is 3. The molecule has 0 saturated heterocycles. The lowest BCUT2D eigenvalue weighted by Crippen LogP contribution is -2.10. The number of carbonyl (C=O) groups excluding carboxylic acids is 1. The van der Waals surface area contributed by atoms with E-state index in [0.717, 1.165) is 33.5 Å². The van der Waals surface area contributed by atoms with E-state index in [2.05, 4.69) is 15.5 Å². The first-order chi connectivity index (χ1) is 13.8. The zero-order valence-electron chi connectivity index (χ0n) is 15.1. The van der Waals surface area contributed by atoms with E-state index >= 15 is 0 Å². The smallest absolute Gasteiger partial charge is 0.248 e. The first-order valence-electron chi connectivity index (χ1n) is 8.96. The third-order valence-corrected chi connectivity index (χ3v) is 4.31. The predicted octanol–water partition coefficient (Wildman–Crippen LogP) is 4.79. The minimum absolute atomic E-state index is 0.197. The van der Waals surface area contributed by atoms with Gasteiger partial charge in [0.2, 0.25) is 5.91 Å². The maximum atomic E-state index is 12.4. The van der Waals surface area contributed by atoms with Crippen molar-refractivity contribution in [1.82, 2.24) is 10.2 Å². The number of aromatic amines is 1. The second kappa shape index (κ2) is 8.22. The van der Waals surface area contributed by atoms with Gasteiger partial charge in [0.1, 0.15) is 12.4 Å². The van der Waals surface area contributed by atoms with Gasteiger partial charge in [0.15, 0.2) is 0 Å². The van der Waals surface area contributed by atoms with E-state index in [0.29, 0.717) is 6.61 Å². The molecule has 0 atom stereocenters. The van der Waals surface area contributed by atoms with E-state index < -0.39 is 0 Å². The van der Waals surface area contributed by atoms with Gasteiger partial charge in [-0.2, -0.15) is 5.10 Å². The SMILES string of the molecule is O=C(C=Cc1ccc2cn[nH]c2c1)Nc1ccccc1COc1ccccc1. The van der Waals surface area contributed by atoms with Crippen molar-refractivity contribution in [2.24, 2.45) is 0 Å². The molecule has 0 saturated carbocycles. The maximum absolute atomic E-state index is 12.4. The minimum atomic E-state index is -0.197. The van der Waals surface area contributed by atoms with Crippen LogP contribution in [0.25, 0.3) is 17.0 Å². The Morgan fingerprint density at radius 3 is 2.75 bits per heavy atom. The quantitative estimate of drug-likeness (QED) is 0.480. The highest BCUT2D eigenvalue weighted by Crippen LogP contribution is 2.19. The number of hydrogen-bond donors (Lipinski definition) is 2. The second-order valence-electron chi connectivity index (χ2n) is 6.30. The molecule has 138 valence electrons. The number of anilines is 1. The van der Waals surface area contributed by atoms with Gasteiger partial charge >= 0.3 is 0 Å². The van der Waals surface area contributed by atoms with Crippen LogP contribution in [-0.4, -0.2) is 16.1 Å². The van der Waals surface area contributed by atoms with E-state index in [4.69, 9.17) is 4.74 Å². The monoisotopic (exact) mass is 369 g/mol. The fourth-order valence-electron chi connectivity index (χ4n) is 2.85. The van der Waals surface area contributed by atoms with Crippen LogP contribution in [0.3, 0.4) is 0 Å². The van der Waals surface area contributed by atoms with Gasteiger partial charge in [0.05, 0.1) is 11.7 Å². The standard InChI is InChI=1S/C23H19N3O2/c27-23(13-11-17-10-12-18-15-24-26-22(18)14-17)25-21-9-5-4-6-19(21)16-28-20-7-2-1-3-8-20/h1-15H,16H2,(H,24,26)(H,25,27). The molecule has 5 heteroatoms. The highest BCUT2D eigenvalue weighted by molar-refractivity contribution is 6.02. The summed E-state index contributed by atoms with van der Waals surface area (Å²) in [5.41, 5.74) is 3.50. The Balaban J connectivity index is 1.42. The Morgan fingerprint density at radius 2 is 1.86 bits per heavy atom. The number of nitrogens with one attached hydrogen (secondary N) is 2. The van der Waals surface area contributed by atoms with Crippen LogP contribution in [0.15, 0.2) is 85.1 Å². The van der Waals surface area contributed by atoms with Crippen molar-refractivity contribution < 1.29 is 9.53 Å². The molecule has 0 aliphatic rings. The van der Waals surface area contributed by atoms with Crippen molar-refractivity contribution in [2.45, 2.75) is 6.61 Å². The lowest BCUT2D eigenvalue weighted by Gasteiger charge is -2.11. The number of H-pyrrole nitrogens is 1. The highest BCUT2D eigenvalue weighted by Gasteiger charge is 2.05. The Kier molecular flexibility index (Phi) is 5.15. The van der Waals surface area contributed by atoms with Crippen molar-refractivity contribution in [2.75, 3.05) is 5.32 Å². The van der Waals surface area contributed by atoms with Gasteiger partial charge in [-0.1, -0.05) is 48.5 Å². The Morgan fingerprint density at radius 1 is 1.04 bits per heavy atom. The zero-order chi connectivity index (χ0) is 19.2. The molecule has 3 aromatic carbocycles. The molecule has 1 amide bonds. The van der Waals surface area contributed by atoms with E-state index in [9.17, 15) is 4.79 Å². The third kappa shape index (κ3) is 4.27. The summed E-state index contributed by atoms with van der Waals surface area (Å²) in [4.78, 5) is 12.4. The van der Waals surface area contributed by atoms with Crippen LogP contribution < -0.4 is 10.1 Å². The Labute approximate surface area is 162 Å². The molecule has 0 unspecified atom stereocenters. The lowest BCUT2D eigenvalue weighted by molar-refractivity contribution is -0.111. The van der Waals surface area contributed by atoms with Crippen molar-refractivity contribution >= 4 is 28.6 Å². The Bertz CT molecular complexity index is 1120. The number of amides is 1. The molecule has 5 nitrogen and oxygen atoms in total. The number of fused-ring (bicyclic) bond motifs is 1. The largest absolute Gasteiger partial charge is 0.489 e. The lowest BCUT2D eigenvalue weighted by atomic mass is 10.1. The number of aromatic nitrogens is 2. The molecule has 4 rings (SSSR count). The average Bonchev–Trinajstić information content (AvgIpc) is 3.20. The van der Waals surface area contributed by atoms with Gasteiger partial charge < -0.3 is 10.1 Å². The summed E-state index contributed by atoms with van der Waals surface area (Å²) in [6, 6.07) is 23.1. The topological polar surface area (TPSA) is 67.0 Å². The molecular formula is C23H19N3O2. The normalized spacial score (nSPS) is 11.0. The van der Waals surface area contributed by atoms with Crippen LogP contribution in [0.4, 0.5) is 5.69 Å². The van der Waals surface area contributed by atoms with E-state index in [1.54, 1.807) is 12.3 Å². The van der Waals surface area contributed by atoms with E-state index in [1.165, 1.54) is 6.08 Å². The molecule has 1 heterocycles. The highest BCUT2D eigenvalue weighted by atomic mass is 16.5. The van der Waals surface area contributed by atoms with Crippen molar-refractivity contribution in [3.63, 3.8) is 0 Å². The summed E-state index contributed by atoms with van der Waals surface area (Å²) in [6.45, 7) is 0.376. The van der Waals surface area contributed by atoms with Gasteiger partial charge in [-0.25, -0.2) is 0 Å². The fourth-order valence-corrected chi connectivity index (χ4v) is 2.85. The summed E-state index contributed by atoms with van der Waals surface area (Å²) in [5, 5.41) is 10.9. The van der Waals surface area contributed by atoms with Gasteiger partial charge in [-0.15, -0.1) is 0 Å². The zero-order valence-corrected chi connectivity index (χ0v) is 15.1. The minimum Gasteiger partial charge on any atom is -0.489 e. The molecule has 4 aromatic rings. The summed E-state index contributed by atoms with van der Waals surface area (Å²) in [6.07, 6.45) is 5.06. The molecule has 0 aliphatic carbocycles. The second-order valence-corrected chi connectivity index (χ2v) is 6.30. The van der Waals surface area contributed by atoms with Gasteiger partial charge in [0, 0.05) is 22.7 Å². The van der Waals surface area contributed by atoms with Crippen molar-refractivity contribution in [3.8, 4) is 5.75 Å². The first-order valence-corrected chi connectivity index (χ1v) is 8.96. The van der Waals surface area contributed by atoms with Gasteiger partial charge in [-0.3, -0.25) is 9.89 Å². The molecule has 0 spiro atoms. The molecule has 2 N–H and O–H groups in total. The number of para-hydroxylation sites is 2. The fraction of sp³-hybridized carbons (Fsp3) is 0.0435. The van der Waals surface area contributed by atoms with E-state index in [-0.39, 0.29) is 5.91 Å². The van der Waals surface area contributed by atoms with Crippen molar-refractivity contribution in [3.05, 3.63) is 96.2 Å². The molecule has 0 bridgehead atoms. The van der Waals surface area contributed by atoms with Crippen molar-refractivity contribution in [1.29, 1.82) is 0 Å². The number of rotatable bonds is 6. The number of nitrogens with zero attached hydrogens (tertiary/aromatic N) is 1. The molecule has 28 heavy (non-hydrogen) atoms. The summed E-state index contributed by atoms with van der Waals surface area (Å²) in [7, 11) is 0. The van der Waals surface area contributed by atoms with Crippen LogP contribution in [0.1, 0.15) is 11.1 Å². The number of ether oxygens (including phenoxy) is 1. The molecule has 0 fully saturated rings. The molecule has 0 radical (unpaired) electrons. The van der Waals surface area contributed by atoms with Gasteiger partial charge in [0.25, 0.3) is 0 Å². The predicted molar refractivity (Wildman–Crippen MR) is 111 cm³/mol. The number of benzene rings is 3. The molecule has 0 aliphatic heterocycles. The average molecular weight is 369 g/mol. The molecular weight excluding hydrogens is 350 g/mol. The number of carbonyl (C=O) groups is 1. The van der Waals surface area contributed by atoms with Gasteiger partial charge in [-0.05, 0) is 35.9 Å². The van der Waals surface area contributed by atoms with Crippen LogP contribution in [-0.2, 0) is 11.4 Å².